The number of ether oxygens (including phenoxy) is 2. The molecule has 0 saturated carbocycles. The summed E-state index contributed by atoms with van der Waals surface area (Å²) in [6.45, 7) is 12.9. The first-order chi connectivity index (χ1) is 17.9. The topological polar surface area (TPSA) is 103 Å². The van der Waals surface area contributed by atoms with E-state index in [4.69, 9.17) is 9.47 Å². The minimum Gasteiger partial charge on any atom is -0.396 e. The molecule has 4 fully saturated rings. The first-order valence-electron chi connectivity index (χ1n) is 13.5. The molecule has 4 aliphatic heterocycles. The number of rotatable bonds is 13. The van der Waals surface area contributed by atoms with Gasteiger partial charge in [-0.2, -0.15) is 0 Å². The molecule has 206 valence electrons. The molecule has 0 aromatic rings. The molecule has 5 atom stereocenters. The molecule has 0 aromatic heterocycles. The number of aliphatic hydroxyl groups is 1. The van der Waals surface area contributed by atoms with Gasteiger partial charge in [0.25, 0.3) is 0 Å². The number of likely N-dealkylation sites (tertiary alicyclic amines) is 1. The van der Waals surface area contributed by atoms with Crippen LogP contribution in [-0.2, 0) is 23.9 Å². The van der Waals surface area contributed by atoms with Crippen molar-refractivity contribution in [3.05, 3.63) is 25.3 Å². The maximum absolute atomic E-state index is 14.2. The Kier molecular flexibility index (Phi) is 9.05. The molecule has 0 radical (unpaired) electrons. The highest BCUT2D eigenvalue weighted by molar-refractivity contribution is 5.99. The molecule has 1 spiro atoms. The lowest BCUT2D eigenvalue weighted by Crippen LogP contribution is -2.57. The van der Waals surface area contributed by atoms with Crippen LogP contribution in [0.25, 0.3) is 0 Å². The fraction of sp³-hybridized carbons (Fsp3) is 0.741. The molecule has 0 aromatic carbocycles. The molecule has 37 heavy (non-hydrogen) atoms. The van der Waals surface area contributed by atoms with Crippen molar-refractivity contribution in [3.63, 3.8) is 0 Å². The quantitative estimate of drug-likeness (QED) is 0.273. The summed E-state index contributed by atoms with van der Waals surface area (Å²) in [5, 5.41) is 9.34. The first-order valence-corrected chi connectivity index (χ1v) is 13.5. The van der Waals surface area contributed by atoms with Crippen LogP contribution >= 0.6 is 0 Å². The highest BCUT2D eigenvalue weighted by Gasteiger charge is 2.74. The van der Waals surface area contributed by atoms with Crippen molar-refractivity contribution in [2.75, 3.05) is 72.7 Å². The summed E-state index contributed by atoms with van der Waals surface area (Å²) < 4.78 is 12.0. The summed E-state index contributed by atoms with van der Waals surface area (Å²) >= 11 is 0. The third kappa shape index (κ3) is 5.21. The monoisotopic (exact) mass is 518 g/mol. The maximum Gasteiger partial charge on any atom is 0.248 e. The van der Waals surface area contributed by atoms with Crippen LogP contribution in [0.2, 0.25) is 0 Å². The molecular formula is C27H42N4O6. The highest BCUT2D eigenvalue weighted by Crippen LogP contribution is 2.58. The van der Waals surface area contributed by atoms with Gasteiger partial charge in [-0.15, -0.1) is 13.2 Å². The molecule has 4 rings (SSSR count). The van der Waals surface area contributed by atoms with Crippen molar-refractivity contribution >= 4 is 17.7 Å². The lowest BCUT2D eigenvalue weighted by molar-refractivity contribution is -0.148. The molecule has 4 aliphatic rings. The van der Waals surface area contributed by atoms with Crippen LogP contribution < -0.4 is 0 Å². The van der Waals surface area contributed by atoms with Gasteiger partial charge in [0.1, 0.15) is 11.6 Å². The van der Waals surface area contributed by atoms with Crippen molar-refractivity contribution in [1.82, 2.24) is 19.6 Å². The Bertz CT molecular complexity index is 877. The van der Waals surface area contributed by atoms with E-state index >= 15 is 0 Å². The second-order valence-electron chi connectivity index (χ2n) is 10.6. The van der Waals surface area contributed by atoms with E-state index < -0.39 is 23.5 Å². The van der Waals surface area contributed by atoms with Gasteiger partial charge in [-0.1, -0.05) is 12.2 Å². The summed E-state index contributed by atoms with van der Waals surface area (Å²) in [4.78, 5) is 48.9. The number of unbranched alkanes of at least 4 members (excludes halogenated alkanes) is 1. The third-order valence-electron chi connectivity index (χ3n) is 8.36. The van der Waals surface area contributed by atoms with Crippen LogP contribution in [0.1, 0.15) is 25.7 Å². The third-order valence-corrected chi connectivity index (χ3v) is 8.36. The minimum atomic E-state index is -1.01. The number of aliphatic hydroxyl groups excluding tert-OH is 1. The number of hydrogen-bond acceptors (Lipinski definition) is 7. The molecule has 1 N–H and O–H groups in total. The smallest absolute Gasteiger partial charge is 0.248 e. The van der Waals surface area contributed by atoms with E-state index in [2.05, 4.69) is 18.1 Å². The lowest BCUT2D eigenvalue weighted by atomic mass is 9.70. The number of carbonyl (C=O) groups excluding carboxylic acids is 3. The summed E-state index contributed by atoms with van der Waals surface area (Å²) in [5.74, 6) is -1.76. The zero-order valence-corrected chi connectivity index (χ0v) is 22.1. The average molecular weight is 519 g/mol. The molecule has 4 saturated heterocycles. The largest absolute Gasteiger partial charge is 0.396 e. The zero-order valence-electron chi connectivity index (χ0n) is 22.1. The van der Waals surface area contributed by atoms with Crippen molar-refractivity contribution < 1.29 is 29.0 Å². The first kappa shape index (κ1) is 27.8. The van der Waals surface area contributed by atoms with E-state index in [1.54, 1.807) is 33.9 Å². The van der Waals surface area contributed by atoms with Crippen LogP contribution in [0.15, 0.2) is 25.3 Å². The van der Waals surface area contributed by atoms with E-state index in [0.717, 1.165) is 13.1 Å². The van der Waals surface area contributed by atoms with Gasteiger partial charge in [-0.05, 0) is 25.7 Å². The Balaban J connectivity index is 1.61. The number of likely N-dealkylation sites (N-methyl/N-ethyl adjacent to an activating group) is 1. The summed E-state index contributed by atoms with van der Waals surface area (Å²) in [7, 11) is 1.71. The molecule has 4 heterocycles. The summed E-state index contributed by atoms with van der Waals surface area (Å²) in [5.41, 5.74) is -1.01. The molecule has 10 heteroatoms. The minimum absolute atomic E-state index is 0.0172. The van der Waals surface area contributed by atoms with E-state index in [1.165, 1.54) is 0 Å². The second-order valence-corrected chi connectivity index (χ2v) is 10.6. The predicted molar refractivity (Wildman–Crippen MR) is 138 cm³/mol. The normalized spacial score (nSPS) is 30.9. The fourth-order valence-corrected chi connectivity index (χ4v) is 6.59. The summed E-state index contributed by atoms with van der Waals surface area (Å²) in [6.07, 6.45) is 5.32. The Morgan fingerprint density at radius 2 is 1.86 bits per heavy atom. The van der Waals surface area contributed by atoms with Crippen molar-refractivity contribution in [3.8, 4) is 0 Å². The van der Waals surface area contributed by atoms with Gasteiger partial charge >= 0.3 is 0 Å². The Hall–Kier alpha value is -2.27. The molecule has 0 aliphatic carbocycles. The Morgan fingerprint density at radius 3 is 2.54 bits per heavy atom. The number of fused-ring (bicyclic) bond motifs is 1. The standard InChI is InChI=1S/C27H42N4O6/c1-4-10-28(3)24(33)21-20-8-9-27(37-20)22(21)25(34)31(12-6-7-17-32)23(27)26(35)30(11-5-2)14-13-29-15-18-36-19-16-29/h4-5,20-23,32H,1-2,6-19H2,3H3/t20-,21+,22+,23?,27?/m1/s1. The zero-order chi connectivity index (χ0) is 26.6. The molecule has 2 unspecified atom stereocenters. The molecule has 2 bridgehead atoms. The van der Waals surface area contributed by atoms with Gasteiger partial charge < -0.3 is 29.3 Å². The predicted octanol–water partition coefficient (Wildman–Crippen LogP) is 0.125. The number of carbonyl (C=O) groups is 3. The average Bonchev–Trinajstić information content (AvgIpc) is 3.54. The van der Waals surface area contributed by atoms with E-state index in [1.807, 2.05) is 0 Å². The Morgan fingerprint density at radius 1 is 1.14 bits per heavy atom. The number of amides is 3. The Labute approximate surface area is 219 Å². The number of nitrogens with zero attached hydrogens (tertiary/aromatic N) is 4. The van der Waals surface area contributed by atoms with Gasteiger partial charge in [-0.25, -0.2) is 0 Å². The van der Waals surface area contributed by atoms with E-state index in [0.29, 0.717) is 71.6 Å². The molecular weight excluding hydrogens is 476 g/mol. The van der Waals surface area contributed by atoms with E-state index in [-0.39, 0.29) is 30.4 Å². The van der Waals surface area contributed by atoms with Gasteiger partial charge in [0.05, 0.1) is 31.2 Å². The molecule has 10 nitrogen and oxygen atoms in total. The van der Waals surface area contributed by atoms with Crippen LogP contribution in [0, 0.1) is 11.8 Å². The van der Waals surface area contributed by atoms with Crippen molar-refractivity contribution in [1.29, 1.82) is 0 Å². The number of hydrogen-bond donors (Lipinski definition) is 1. The van der Waals surface area contributed by atoms with Gasteiger partial charge in [0, 0.05) is 59.5 Å². The van der Waals surface area contributed by atoms with Crippen LogP contribution in [0.5, 0.6) is 0 Å². The molecule has 3 amide bonds. The van der Waals surface area contributed by atoms with Gasteiger partial charge in [0.2, 0.25) is 17.7 Å². The SMILES string of the molecule is C=CCN(C)C(=O)[C@@H]1[C@H]2C(=O)N(CCCCO)C(C(=O)N(CC=C)CCN3CCOCC3)C23CC[C@H]1O3. The van der Waals surface area contributed by atoms with Crippen LogP contribution in [-0.4, -0.2) is 133 Å². The van der Waals surface area contributed by atoms with Crippen molar-refractivity contribution in [2.24, 2.45) is 11.8 Å². The van der Waals surface area contributed by atoms with Crippen molar-refractivity contribution in [2.45, 2.75) is 43.4 Å². The van der Waals surface area contributed by atoms with Gasteiger partial charge in [-0.3, -0.25) is 19.3 Å². The summed E-state index contributed by atoms with van der Waals surface area (Å²) in [6, 6.07) is -0.791. The van der Waals surface area contributed by atoms with Crippen LogP contribution in [0.4, 0.5) is 0 Å². The fourth-order valence-electron chi connectivity index (χ4n) is 6.59. The second kappa shape index (κ2) is 12.1. The number of morpholine rings is 1. The van der Waals surface area contributed by atoms with Crippen LogP contribution in [0.3, 0.4) is 0 Å². The highest BCUT2D eigenvalue weighted by atomic mass is 16.5. The van der Waals surface area contributed by atoms with E-state index in [9.17, 15) is 19.5 Å². The maximum atomic E-state index is 14.2. The lowest BCUT2D eigenvalue weighted by Gasteiger charge is -2.37. The van der Waals surface area contributed by atoms with Gasteiger partial charge in [0.15, 0.2) is 0 Å².